The van der Waals surface area contributed by atoms with Gasteiger partial charge in [0.2, 0.25) is 0 Å². The zero-order valence-corrected chi connectivity index (χ0v) is 9.76. The molecule has 0 saturated heterocycles. The molecule has 0 saturated carbocycles. The molecular formula is C13H18N4. The summed E-state index contributed by atoms with van der Waals surface area (Å²) in [7, 11) is 0. The molecule has 1 aromatic rings. The third-order valence-corrected chi connectivity index (χ3v) is 2.82. The summed E-state index contributed by atoms with van der Waals surface area (Å²) in [6.45, 7) is 0. The third kappa shape index (κ3) is 3.32. The predicted molar refractivity (Wildman–Crippen MR) is 70.2 cm³/mol. The normalized spacial score (nSPS) is 23.0. The van der Waals surface area contributed by atoms with Crippen LogP contribution in [0.2, 0.25) is 0 Å². The number of nitrogens with zero attached hydrogens (tertiary/aromatic N) is 1. The zero-order valence-electron chi connectivity index (χ0n) is 9.76. The molecular weight excluding hydrogens is 212 g/mol. The van der Waals surface area contributed by atoms with E-state index in [9.17, 15) is 0 Å². The molecule has 0 bridgehead atoms. The van der Waals surface area contributed by atoms with E-state index in [4.69, 9.17) is 11.5 Å². The maximum atomic E-state index is 6.12. The lowest BCUT2D eigenvalue weighted by atomic mass is 10.0. The summed E-state index contributed by atoms with van der Waals surface area (Å²) in [5.74, 6) is 0.384. The predicted octanol–water partition coefficient (Wildman–Crippen LogP) is 1.10. The number of aliphatic imine (C=N–C) groups is 1. The molecule has 4 nitrogen and oxygen atoms in total. The van der Waals surface area contributed by atoms with Crippen LogP contribution >= 0.6 is 0 Å². The maximum Gasteiger partial charge on any atom is 0.194 e. The van der Waals surface area contributed by atoms with Crippen molar-refractivity contribution < 1.29 is 0 Å². The van der Waals surface area contributed by atoms with Crippen molar-refractivity contribution in [3.8, 4) is 0 Å². The first-order valence-corrected chi connectivity index (χ1v) is 5.80. The summed E-state index contributed by atoms with van der Waals surface area (Å²) in [6, 6.07) is 10.4. The van der Waals surface area contributed by atoms with Crippen molar-refractivity contribution >= 4 is 5.96 Å². The van der Waals surface area contributed by atoms with Gasteiger partial charge in [-0.3, -0.25) is 0 Å². The van der Waals surface area contributed by atoms with Gasteiger partial charge in [0, 0.05) is 6.20 Å². The Hall–Kier alpha value is -1.81. The summed E-state index contributed by atoms with van der Waals surface area (Å²) < 4.78 is 0. The van der Waals surface area contributed by atoms with Gasteiger partial charge in [-0.15, -0.1) is 0 Å². The fourth-order valence-corrected chi connectivity index (χ4v) is 1.92. The minimum Gasteiger partial charge on any atom is -0.370 e. The minimum atomic E-state index is -0.649. The summed E-state index contributed by atoms with van der Waals surface area (Å²) in [5.41, 5.74) is 12.4. The molecule has 90 valence electrons. The topological polar surface area (TPSA) is 76.4 Å². The van der Waals surface area contributed by atoms with Gasteiger partial charge in [0.1, 0.15) is 5.66 Å². The van der Waals surface area contributed by atoms with Gasteiger partial charge in [0.05, 0.1) is 0 Å². The number of rotatable bonds is 4. The van der Waals surface area contributed by atoms with Gasteiger partial charge >= 0.3 is 0 Å². The van der Waals surface area contributed by atoms with Crippen LogP contribution in [-0.2, 0) is 6.42 Å². The monoisotopic (exact) mass is 230 g/mol. The minimum absolute atomic E-state index is 0.384. The Morgan fingerprint density at radius 3 is 2.71 bits per heavy atom. The smallest absolute Gasteiger partial charge is 0.194 e. The van der Waals surface area contributed by atoms with Crippen molar-refractivity contribution in [2.24, 2.45) is 16.5 Å². The summed E-state index contributed by atoms with van der Waals surface area (Å²) in [5, 5.41) is 2.81. The SMILES string of the molecule is NC1=NC(N)(CCCc2ccccc2)C=CN1. The van der Waals surface area contributed by atoms with Crippen LogP contribution in [-0.4, -0.2) is 11.6 Å². The molecule has 0 aliphatic carbocycles. The highest BCUT2D eigenvalue weighted by Crippen LogP contribution is 2.17. The largest absolute Gasteiger partial charge is 0.370 e. The molecule has 1 aliphatic heterocycles. The highest BCUT2D eigenvalue weighted by atomic mass is 15.2. The number of nitrogens with two attached hydrogens (primary N) is 2. The average Bonchev–Trinajstić information content (AvgIpc) is 2.30. The number of guanidine groups is 1. The molecule has 1 heterocycles. The molecule has 1 aromatic carbocycles. The molecule has 0 spiro atoms. The lowest BCUT2D eigenvalue weighted by Gasteiger charge is -2.25. The molecule has 2 rings (SSSR count). The van der Waals surface area contributed by atoms with E-state index in [-0.39, 0.29) is 0 Å². The molecule has 1 aliphatic rings. The number of benzene rings is 1. The van der Waals surface area contributed by atoms with Crippen molar-refractivity contribution in [3.05, 3.63) is 48.2 Å². The van der Waals surface area contributed by atoms with E-state index >= 15 is 0 Å². The Balaban J connectivity index is 1.86. The summed E-state index contributed by atoms with van der Waals surface area (Å²) in [6.07, 6.45) is 6.40. The van der Waals surface area contributed by atoms with Crippen molar-refractivity contribution in [1.82, 2.24) is 5.32 Å². The van der Waals surface area contributed by atoms with Crippen LogP contribution in [0.5, 0.6) is 0 Å². The van der Waals surface area contributed by atoms with E-state index in [2.05, 4.69) is 22.4 Å². The number of nitrogens with one attached hydrogen (secondary N) is 1. The van der Waals surface area contributed by atoms with E-state index in [1.807, 2.05) is 24.3 Å². The second kappa shape index (κ2) is 5.01. The van der Waals surface area contributed by atoms with Gasteiger partial charge in [-0.1, -0.05) is 30.3 Å². The molecule has 5 N–H and O–H groups in total. The average molecular weight is 230 g/mol. The van der Waals surface area contributed by atoms with Gasteiger partial charge in [-0.25, -0.2) is 4.99 Å². The van der Waals surface area contributed by atoms with E-state index in [1.165, 1.54) is 5.56 Å². The molecule has 0 radical (unpaired) electrons. The van der Waals surface area contributed by atoms with Crippen LogP contribution in [0.1, 0.15) is 18.4 Å². The van der Waals surface area contributed by atoms with Crippen LogP contribution in [0.15, 0.2) is 47.6 Å². The first-order valence-electron chi connectivity index (χ1n) is 5.80. The third-order valence-electron chi connectivity index (χ3n) is 2.82. The molecule has 1 unspecified atom stereocenters. The lowest BCUT2D eigenvalue weighted by molar-refractivity contribution is 0.481. The second-order valence-electron chi connectivity index (χ2n) is 4.31. The molecule has 0 fully saturated rings. The lowest BCUT2D eigenvalue weighted by Crippen LogP contribution is -2.44. The van der Waals surface area contributed by atoms with Crippen molar-refractivity contribution in [1.29, 1.82) is 0 Å². The number of aryl methyl sites for hydroxylation is 1. The Bertz CT molecular complexity index is 424. The van der Waals surface area contributed by atoms with Crippen molar-refractivity contribution in [2.45, 2.75) is 24.9 Å². The highest BCUT2D eigenvalue weighted by molar-refractivity contribution is 5.80. The van der Waals surface area contributed by atoms with Gasteiger partial charge in [0.15, 0.2) is 5.96 Å². The molecule has 4 heteroatoms. The Morgan fingerprint density at radius 1 is 1.24 bits per heavy atom. The summed E-state index contributed by atoms with van der Waals surface area (Å²) in [4.78, 5) is 4.22. The van der Waals surface area contributed by atoms with E-state index in [1.54, 1.807) is 6.20 Å². The summed E-state index contributed by atoms with van der Waals surface area (Å²) >= 11 is 0. The van der Waals surface area contributed by atoms with Crippen molar-refractivity contribution in [3.63, 3.8) is 0 Å². The highest BCUT2D eigenvalue weighted by Gasteiger charge is 2.22. The van der Waals surface area contributed by atoms with Crippen LogP contribution in [0.4, 0.5) is 0 Å². The zero-order chi connectivity index (χ0) is 12.1. The van der Waals surface area contributed by atoms with Crippen LogP contribution in [0, 0.1) is 0 Å². The quantitative estimate of drug-likeness (QED) is 0.725. The van der Waals surface area contributed by atoms with Crippen LogP contribution in [0.25, 0.3) is 0 Å². The van der Waals surface area contributed by atoms with Crippen molar-refractivity contribution in [2.75, 3.05) is 0 Å². The fraction of sp³-hybridized carbons (Fsp3) is 0.308. The standard InChI is InChI=1S/C13H18N4/c14-12-16-10-9-13(15,17-12)8-4-7-11-5-2-1-3-6-11/h1-3,5-6,9-10H,4,7-8,15H2,(H3,14,16,17). The Labute approximate surface area is 101 Å². The Kier molecular flexibility index (Phi) is 3.44. The molecule has 17 heavy (non-hydrogen) atoms. The first kappa shape index (κ1) is 11.7. The van der Waals surface area contributed by atoms with E-state index in [0.29, 0.717) is 5.96 Å². The fourth-order valence-electron chi connectivity index (χ4n) is 1.92. The van der Waals surface area contributed by atoms with Gasteiger partial charge < -0.3 is 16.8 Å². The van der Waals surface area contributed by atoms with Crippen LogP contribution in [0.3, 0.4) is 0 Å². The first-order chi connectivity index (χ1) is 8.18. The van der Waals surface area contributed by atoms with Crippen LogP contribution < -0.4 is 16.8 Å². The molecule has 0 aromatic heterocycles. The number of hydrogen-bond donors (Lipinski definition) is 3. The van der Waals surface area contributed by atoms with E-state index in [0.717, 1.165) is 19.3 Å². The van der Waals surface area contributed by atoms with E-state index < -0.39 is 5.66 Å². The molecule has 0 amide bonds. The van der Waals surface area contributed by atoms with Gasteiger partial charge in [-0.05, 0) is 30.9 Å². The Morgan fingerprint density at radius 2 is 2.00 bits per heavy atom. The molecule has 1 atom stereocenters. The van der Waals surface area contributed by atoms with Gasteiger partial charge in [0.25, 0.3) is 0 Å². The van der Waals surface area contributed by atoms with Gasteiger partial charge in [-0.2, -0.15) is 0 Å². The number of hydrogen-bond acceptors (Lipinski definition) is 4. The second-order valence-corrected chi connectivity index (χ2v) is 4.31. The maximum absolute atomic E-state index is 6.12.